The zero-order valence-corrected chi connectivity index (χ0v) is 19.9. The number of rotatable bonds is 8. The Labute approximate surface area is 204 Å². The Kier molecular flexibility index (Phi) is 7.99. The first kappa shape index (κ1) is 25.4. The normalized spacial score (nSPS) is 15.1. The fraction of sp³-hybridized carbons (Fsp3) is 0.348. The molecule has 4 nitrogen and oxygen atoms in total. The van der Waals surface area contributed by atoms with Gasteiger partial charge in [-0.15, -0.1) is 0 Å². The van der Waals surface area contributed by atoms with Crippen molar-refractivity contribution in [2.75, 3.05) is 12.3 Å². The number of hydrogen-bond acceptors (Lipinski definition) is 4. The standard InChI is InChI=1S/C23H20Cl2F3N3OS/c1-14-6-16(2-3-19(14)21(32)30-12-22(11-29)4-5-22)20(31-33-13-23(26,27)28)9-15-7-17(24)10-18(25)8-15/h2-3,6-8,10H,4-5,9,12-13H2,1H3,(H,30,32)/b31-20+. The SMILES string of the molecule is Cc1cc(/C(Cc2cc(Cl)cc(Cl)c2)=N/SCC(F)(F)F)ccc1C(=O)NCC1(C#N)CC1. The van der Waals surface area contributed by atoms with Gasteiger partial charge in [0.1, 0.15) is 5.75 Å². The summed E-state index contributed by atoms with van der Waals surface area (Å²) in [6, 6.07) is 12.1. The molecular weight excluding hydrogens is 494 g/mol. The predicted octanol–water partition coefficient (Wildman–Crippen LogP) is 6.58. The van der Waals surface area contributed by atoms with Gasteiger partial charge in [-0.05, 0) is 78.7 Å². The number of amides is 1. The van der Waals surface area contributed by atoms with Crippen LogP contribution in [-0.2, 0) is 6.42 Å². The van der Waals surface area contributed by atoms with Crippen LogP contribution in [0.2, 0.25) is 10.0 Å². The lowest BCUT2D eigenvalue weighted by Gasteiger charge is -2.13. The summed E-state index contributed by atoms with van der Waals surface area (Å²) in [6.07, 6.45) is -2.60. The average Bonchev–Trinajstić information content (AvgIpc) is 3.50. The summed E-state index contributed by atoms with van der Waals surface area (Å²) >= 11 is 12.5. The molecule has 0 atom stereocenters. The van der Waals surface area contributed by atoms with Crippen molar-refractivity contribution < 1.29 is 18.0 Å². The van der Waals surface area contributed by atoms with Crippen molar-refractivity contribution in [3.8, 4) is 6.07 Å². The van der Waals surface area contributed by atoms with Crippen LogP contribution in [0.1, 0.15) is 39.9 Å². The molecule has 3 rings (SSSR count). The molecule has 1 aliphatic rings. The fourth-order valence-electron chi connectivity index (χ4n) is 3.20. The third-order valence-corrected chi connectivity index (χ3v) is 6.42. The molecule has 1 aliphatic carbocycles. The zero-order chi connectivity index (χ0) is 24.2. The summed E-state index contributed by atoms with van der Waals surface area (Å²) in [5, 5.41) is 12.8. The lowest BCUT2D eigenvalue weighted by molar-refractivity contribution is -0.105. The van der Waals surface area contributed by atoms with Crippen molar-refractivity contribution in [2.45, 2.75) is 32.4 Å². The molecule has 0 bridgehead atoms. The first-order valence-electron chi connectivity index (χ1n) is 10.0. The van der Waals surface area contributed by atoms with Gasteiger partial charge >= 0.3 is 6.18 Å². The Balaban J connectivity index is 1.83. The summed E-state index contributed by atoms with van der Waals surface area (Å²) in [4.78, 5) is 12.6. The zero-order valence-electron chi connectivity index (χ0n) is 17.6. The molecule has 2 aromatic carbocycles. The van der Waals surface area contributed by atoms with Gasteiger partial charge in [0.05, 0.1) is 17.2 Å². The highest BCUT2D eigenvalue weighted by Crippen LogP contribution is 2.44. The van der Waals surface area contributed by atoms with E-state index >= 15 is 0 Å². The summed E-state index contributed by atoms with van der Waals surface area (Å²) < 4.78 is 42.1. The highest BCUT2D eigenvalue weighted by atomic mass is 35.5. The lowest BCUT2D eigenvalue weighted by atomic mass is 9.98. The monoisotopic (exact) mass is 513 g/mol. The molecule has 0 aliphatic heterocycles. The smallest absolute Gasteiger partial charge is 0.350 e. The van der Waals surface area contributed by atoms with Crippen molar-refractivity contribution in [2.24, 2.45) is 9.81 Å². The molecule has 1 saturated carbocycles. The van der Waals surface area contributed by atoms with Crippen LogP contribution < -0.4 is 5.32 Å². The van der Waals surface area contributed by atoms with E-state index in [2.05, 4.69) is 15.8 Å². The van der Waals surface area contributed by atoms with Crippen molar-refractivity contribution in [1.29, 1.82) is 5.26 Å². The maximum absolute atomic E-state index is 12.6. The van der Waals surface area contributed by atoms with Crippen LogP contribution in [0.25, 0.3) is 0 Å². The van der Waals surface area contributed by atoms with E-state index in [1.807, 2.05) is 0 Å². The van der Waals surface area contributed by atoms with Crippen molar-refractivity contribution >= 4 is 46.8 Å². The van der Waals surface area contributed by atoms with Gasteiger partial charge in [0.25, 0.3) is 5.91 Å². The van der Waals surface area contributed by atoms with Crippen LogP contribution in [0.4, 0.5) is 13.2 Å². The maximum Gasteiger partial charge on any atom is 0.399 e. The molecule has 2 aromatic rings. The van der Waals surface area contributed by atoms with E-state index in [1.54, 1.807) is 43.3 Å². The first-order valence-corrected chi connectivity index (χ1v) is 11.7. The number of benzene rings is 2. The molecule has 1 amide bonds. The van der Waals surface area contributed by atoms with Gasteiger partial charge in [-0.3, -0.25) is 4.79 Å². The molecule has 0 radical (unpaired) electrons. The summed E-state index contributed by atoms with van der Waals surface area (Å²) in [7, 11) is 0. The van der Waals surface area contributed by atoms with Gasteiger partial charge in [0.2, 0.25) is 0 Å². The average molecular weight is 514 g/mol. The highest BCUT2D eigenvalue weighted by Gasteiger charge is 2.43. The minimum Gasteiger partial charge on any atom is -0.350 e. The lowest BCUT2D eigenvalue weighted by Crippen LogP contribution is -2.30. The van der Waals surface area contributed by atoms with E-state index in [9.17, 15) is 18.0 Å². The van der Waals surface area contributed by atoms with E-state index in [-0.39, 0.29) is 12.3 Å². The first-order chi connectivity index (χ1) is 15.5. The molecule has 10 heteroatoms. The topological polar surface area (TPSA) is 65.2 Å². The minimum absolute atomic E-state index is 0.209. The predicted molar refractivity (Wildman–Crippen MR) is 126 cm³/mol. The second-order valence-electron chi connectivity index (χ2n) is 7.99. The molecular formula is C23H20Cl2F3N3OS. The summed E-state index contributed by atoms with van der Waals surface area (Å²) in [5.74, 6) is -1.42. The Hall–Kier alpha value is -2.21. The van der Waals surface area contributed by atoms with Crippen LogP contribution in [0.5, 0.6) is 0 Å². The second-order valence-corrected chi connectivity index (χ2v) is 9.59. The summed E-state index contributed by atoms with van der Waals surface area (Å²) in [6.45, 7) is 2.03. The number of carbonyl (C=O) groups excluding carboxylic acids is 1. The van der Waals surface area contributed by atoms with Gasteiger partial charge in [-0.1, -0.05) is 29.3 Å². The number of carbonyl (C=O) groups is 1. The Morgan fingerprint density at radius 1 is 1.21 bits per heavy atom. The fourth-order valence-corrected chi connectivity index (χ4v) is 4.31. The molecule has 0 heterocycles. The minimum atomic E-state index is -4.35. The molecule has 1 fully saturated rings. The highest BCUT2D eigenvalue weighted by molar-refractivity contribution is 7.98. The van der Waals surface area contributed by atoms with Crippen molar-refractivity contribution in [3.05, 3.63) is 68.7 Å². The Morgan fingerprint density at radius 3 is 2.42 bits per heavy atom. The molecule has 1 N–H and O–H groups in total. The number of nitriles is 1. The molecule has 0 aromatic heterocycles. The Bertz CT molecular complexity index is 1100. The van der Waals surface area contributed by atoms with Crippen molar-refractivity contribution in [1.82, 2.24) is 5.32 Å². The van der Waals surface area contributed by atoms with Gasteiger partial charge in [0.15, 0.2) is 0 Å². The van der Waals surface area contributed by atoms with E-state index in [4.69, 9.17) is 28.5 Å². The van der Waals surface area contributed by atoms with E-state index in [0.717, 1.165) is 12.8 Å². The van der Waals surface area contributed by atoms with Gasteiger partial charge in [-0.2, -0.15) is 18.4 Å². The van der Waals surface area contributed by atoms with Crippen LogP contribution >= 0.6 is 35.1 Å². The molecule has 0 spiro atoms. The van der Waals surface area contributed by atoms with Crippen molar-refractivity contribution in [3.63, 3.8) is 0 Å². The van der Waals surface area contributed by atoms with Gasteiger partial charge in [0, 0.05) is 28.6 Å². The van der Waals surface area contributed by atoms with Gasteiger partial charge < -0.3 is 5.32 Å². The van der Waals surface area contributed by atoms with E-state index in [1.165, 1.54) is 0 Å². The number of nitrogens with one attached hydrogen (secondary N) is 1. The maximum atomic E-state index is 12.6. The number of halogens is 5. The third-order valence-electron chi connectivity index (χ3n) is 5.18. The number of aryl methyl sites for hydroxylation is 1. The Morgan fingerprint density at radius 2 is 1.88 bits per heavy atom. The number of alkyl halides is 3. The molecule has 0 saturated heterocycles. The van der Waals surface area contributed by atoms with Gasteiger partial charge in [-0.25, -0.2) is 4.40 Å². The number of nitrogens with zero attached hydrogens (tertiary/aromatic N) is 2. The van der Waals surface area contributed by atoms with Crippen LogP contribution in [-0.4, -0.2) is 30.1 Å². The van der Waals surface area contributed by atoms with E-state index in [0.29, 0.717) is 56.5 Å². The van der Waals surface area contributed by atoms with Crippen LogP contribution in [0, 0.1) is 23.7 Å². The third kappa shape index (κ3) is 7.39. The molecule has 0 unspecified atom stereocenters. The second kappa shape index (κ2) is 10.4. The molecule has 33 heavy (non-hydrogen) atoms. The number of hydrogen-bond donors (Lipinski definition) is 1. The van der Waals surface area contributed by atoms with Crippen LogP contribution in [0.3, 0.4) is 0 Å². The quantitative estimate of drug-likeness (QED) is 0.320. The van der Waals surface area contributed by atoms with Crippen LogP contribution in [0.15, 0.2) is 40.8 Å². The largest absolute Gasteiger partial charge is 0.399 e. The van der Waals surface area contributed by atoms with E-state index < -0.39 is 17.3 Å². The summed E-state index contributed by atoms with van der Waals surface area (Å²) in [5.41, 5.74) is 2.30. The molecule has 174 valence electrons.